The summed E-state index contributed by atoms with van der Waals surface area (Å²) in [5, 5.41) is 0. The minimum atomic E-state index is 0.661. The molecule has 0 bridgehead atoms. The van der Waals surface area contributed by atoms with Gasteiger partial charge in [-0.15, -0.1) is 0 Å². The van der Waals surface area contributed by atoms with Crippen molar-refractivity contribution in [3.8, 4) is 0 Å². The molecule has 0 heterocycles. The lowest BCUT2D eigenvalue weighted by atomic mass is 9.90. The highest BCUT2D eigenvalue weighted by Gasteiger charge is 2.08. The van der Waals surface area contributed by atoms with E-state index in [4.69, 9.17) is 0 Å². The largest absolute Gasteiger partial charge is 0.297 e. The Kier molecular flexibility index (Phi) is 9.69. The first-order chi connectivity index (χ1) is 9.79. The van der Waals surface area contributed by atoms with E-state index >= 15 is 0 Å². The number of aliphatic imine (C=N–C) groups is 1. The fourth-order valence-corrected chi connectivity index (χ4v) is 2.21. The molecule has 0 spiro atoms. The van der Waals surface area contributed by atoms with Crippen molar-refractivity contribution in [1.29, 1.82) is 0 Å². The first-order valence-electron chi connectivity index (χ1n) is 7.87. The number of rotatable bonds is 8. The molecule has 0 N–H and O–H groups in total. The fraction of sp³-hybridized carbons (Fsp3) is 0.550. The standard InChI is InChI=1S/C20H33N/c1-15(2)18(6)12-11-17(5)14-19(7)20(16(3)4)10-9-13-21-8/h9-10,13,17H,7,11-12,14H2,1-6,8H3/b10-9-,21-13?. The van der Waals surface area contributed by atoms with E-state index in [0.717, 1.165) is 6.42 Å². The van der Waals surface area contributed by atoms with Gasteiger partial charge in [-0.05, 0) is 77.0 Å². The van der Waals surface area contributed by atoms with Crippen LogP contribution in [0.1, 0.15) is 60.8 Å². The molecular formula is C20H33N. The zero-order valence-corrected chi connectivity index (χ0v) is 15.1. The van der Waals surface area contributed by atoms with Crippen LogP contribution in [-0.2, 0) is 0 Å². The van der Waals surface area contributed by atoms with Crippen LogP contribution in [0.4, 0.5) is 0 Å². The molecule has 21 heavy (non-hydrogen) atoms. The second-order valence-corrected chi connectivity index (χ2v) is 6.41. The average molecular weight is 287 g/mol. The van der Waals surface area contributed by atoms with Crippen LogP contribution in [0.3, 0.4) is 0 Å². The van der Waals surface area contributed by atoms with Gasteiger partial charge in [-0.2, -0.15) is 0 Å². The maximum atomic E-state index is 4.29. The first-order valence-corrected chi connectivity index (χ1v) is 7.87. The van der Waals surface area contributed by atoms with Crippen molar-refractivity contribution in [3.63, 3.8) is 0 Å². The molecule has 1 nitrogen and oxygen atoms in total. The molecule has 118 valence electrons. The first kappa shape index (κ1) is 19.6. The number of hydrogen-bond donors (Lipinski definition) is 0. The summed E-state index contributed by atoms with van der Waals surface area (Å²) in [5.74, 6) is 0.661. The fourth-order valence-electron chi connectivity index (χ4n) is 2.21. The van der Waals surface area contributed by atoms with Crippen LogP contribution >= 0.6 is 0 Å². The zero-order chi connectivity index (χ0) is 16.4. The van der Waals surface area contributed by atoms with Crippen LogP contribution in [0.2, 0.25) is 0 Å². The molecule has 0 aromatic rings. The van der Waals surface area contributed by atoms with Crippen LogP contribution in [0, 0.1) is 5.92 Å². The Labute approximate surface area is 132 Å². The molecule has 1 unspecified atom stereocenters. The van der Waals surface area contributed by atoms with Gasteiger partial charge in [0.1, 0.15) is 0 Å². The van der Waals surface area contributed by atoms with Crippen molar-refractivity contribution in [2.45, 2.75) is 60.8 Å². The van der Waals surface area contributed by atoms with Crippen molar-refractivity contribution in [3.05, 3.63) is 46.6 Å². The monoisotopic (exact) mass is 287 g/mol. The van der Waals surface area contributed by atoms with Gasteiger partial charge in [0.15, 0.2) is 0 Å². The van der Waals surface area contributed by atoms with Crippen molar-refractivity contribution >= 4 is 6.21 Å². The van der Waals surface area contributed by atoms with E-state index in [0.29, 0.717) is 5.92 Å². The molecule has 0 aliphatic rings. The Balaban J connectivity index is 4.64. The Hall–Kier alpha value is -1.37. The molecule has 0 saturated carbocycles. The molecule has 0 aromatic carbocycles. The van der Waals surface area contributed by atoms with E-state index in [-0.39, 0.29) is 0 Å². The van der Waals surface area contributed by atoms with Gasteiger partial charge in [-0.3, -0.25) is 4.99 Å². The summed E-state index contributed by atoms with van der Waals surface area (Å²) in [6.07, 6.45) is 9.41. The van der Waals surface area contributed by atoms with E-state index < -0.39 is 0 Å². The highest BCUT2D eigenvalue weighted by Crippen LogP contribution is 2.25. The summed E-state index contributed by atoms with van der Waals surface area (Å²) in [4.78, 5) is 3.98. The summed E-state index contributed by atoms with van der Waals surface area (Å²) in [5.41, 5.74) is 6.79. The van der Waals surface area contributed by atoms with Gasteiger partial charge in [-0.1, -0.05) is 36.3 Å². The molecule has 0 aliphatic carbocycles. The van der Waals surface area contributed by atoms with Crippen LogP contribution in [0.25, 0.3) is 0 Å². The van der Waals surface area contributed by atoms with E-state index in [1.54, 1.807) is 7.05 Å². The van der Waals surface area contributed by atoms with Crippen LogP contribution < -0.4 is 0 Å². The maximum Gasteiger partial charge on any atom is 0.0277 e. The quantitative estimate of drug-likeness (QED) is 0.282. The zero-order valence-electron chi connectivity index (χ0n) is 15.1. The SMILES string of the molecule is C=C(CC(C)CCC(C)=C(C)C)C(/C=C\C=NC)=C(C)C. The molecule has 0 rings (SSSR count). The van der Waals surface area contributed by atoms with Gasteiger partial charge in [0.05, 0.1) is 0 Å². The Morgan fingerprint density at radius 3 is 2.19 bits per heavy atom. The predicted octanol–water partition coefficient (Wildman–Crippen LogP) is 6.30. The van der Waals surface area contributed by atoms with E-state index in [9.17, 15) is 0 Å². The topological polar surface area (TPSA) is 12.4 Å². The van der Waals surface area contributed by atoms with Gasteiger partial charge in [0.2, 0.25) is 0 Å². The van der Waals surface area contributed by atoms with Crippen molar-refractivity contribution in [2.75, 3.05) is 7.05 Å². The Morgan fingerprint density at radius 1 is 1.10 bits per heavy atom. The number of allylic oxidation sites excluding steroid dienone is 7. The lowest BCUT2D eigenvalue weighted by Crippen LogP contribution is -2.00. The third-order valence-corrected chi connectivity index (χ3v) is 3.88. The summed E-state index contributed by atoms with van der Waals surface area (Å²) in [7, 11) is 1.79. The number of nitrogens with zero attached hydrogens (tertiary/aromatic N) is 1. The smallest absolute Gasteiger partial charge is 0.0277 e. The second kappa shape index (κ2) is 10.4. The van der Waals surface area contributed by atoms with E-state index in [1.807, 2.05) is 12.3 Å². The molecule has 1 atom stereocenters. The molecule has 0 aromatic heterocycles. The maximum absolute atomic E-state index is 4.29. The molecular weight excluding hydrogens is 254 g/mol. The van der Waals surface area contributed by atoms with Crippen molar-refractivity contribution < 1.29 is 0 Å². The Morgan fingerprint density at radius 2 is 1.71 bits per heavy atom. The third-order valence-electron chi connectivity index (χ3n) is 3.88. The van der Waals surface area contributed by atoms with Gasteiger partial charge < -0.3 is 0 Å². The minimum Gasteiger partial charge on any atom is -0.297 e. The van der Waals surface area contributed by atoms with Crippen LogP contribution in [0.15, 0.2) is 51.6 Å². The molecule has 0 radical (unpaired) electrons. The van der Waals surface area contributed by atoms with Gasteiger partial charge in [0.25, 0.3) is 0 Å². The van der Waals surface area contributed by atoms with Gasteiger partial charge in [0, 0.05) is 13.3 Å². The second-order valence-electron chi connectivity index (χ2n) is 6.41. The highest BCUT2D eigenvalue weighted by atomic mass is 14.6. The van der Waals surface area contributed by atoms with Crippen LogP contribution in [-0.4, -0.2) is 13.3 Å². The van der Waals surface area contributed by atoms with Crippen LogP contribution in [0.5, 0.6) is 0 Å². The number of hydrogen-bond acceptors (Lipinski definition) is 1. The summed E-state index contributed by atoms with van der Waals surface area (Å²) in [6, 6.07) is 0. The third kappa shape index (κ3) is 8.49. The molecule has 0 amide bonds. The Bertz CT molecular complexity index is 450. The van der Waals surface area contributed by atoms with Gasteiger partial charge >= 0.3 is 0 Å². The van der Waals surface area contributed by atoms with E-state index in [1.165, 1.54) is 40.7 Å². The molecule has 0 saturated heterocycles. The van der Waals surface area contributed by atoms with Crippen molar-refractivity contribution in [1.82, 2.24) is 0 Å². The lowest BCUT2D eigenvalue weighted by molar-refractivity contribution is 0.529. The summed E-state index contributed by atoms with van der Waals surface area (Å²) in [6.45, 7) is 17.5. The molecule has 0 aliphatic heterocycles. The van der Waals surface area contributed by atoms with E-state index in [2.05, 4.69) is 59.2 Å². The predicted molar refractivity (Wildman–Crippen MR) is 98.1 cm³/mol. The minimum absolute atomic E-state index is 0.661. The highest BCUT2D eigenvalue weighted by molar-refractivity contribution is 5.72. The molecule has 1 heteroatoms. The van der Waals surface area contributed by atoms with Gasteiger partial charge in [-0.25, -0.2) is 0 Å². The lowest BCUT2D eigenvalue weighted by Gasteiger charge is -2.16. The summed E-state index contributed by atoms with van der Waals surface area (Å²) >= 11 is 0. The van der Waals surface area contributed by atoms with Crippen molar-refractivity contribution in [2.24, 2.45) is 10.9 Å². The average Bonchev–Trinajstić information content (AvgIpc) is 2.40. The summed E-state index contributed by atoms with van der Waals surface area (Å²) < 4.78 is 0. The normalized spacial score (nSPS) is 12.7. The molecule has 0 fully saturated rings.